The fourth-order valence-corrected chi connectivity index (χ4v) is 2.31. The van der Waals surface area contributed by atoms with E-state index >= 15 is 0 Å². The number of hydrogen-bond donors (Lipinski definition) is 0. The normalized spacial score (nSPS) is 10.1. The maximum atomic E-state index is 2.16. The first-order chi connectivity index (χ1) is 9.45. The molecule has 3 aromatic rings. The van der Waals surface area contributed by atoms with Crippen LogP contribution in [0.1, 0.15) is 16.7 Å². The van der Waals surface area contributed by atoms with Crippen LogP contribution in [0.3, 0.4) is 0 Å². The second kappa shape index (κ2) is 7.92. The molecular weight excluding hydrogens is 267 g/mol. The molecule has 20 heavy (non-hydrogen) atoms. The standard InChI is InChI=1S/C19H15.K.H/c1-4-10-16(11-5-1)19(17-12-6-2-7-13-17)18-14-8-3-9-15-18;;/h1-15H;;. The molecule has 3 rings (SSSR count). The van der Waals surface area contributed by atoms with Crippen molar-refractivity contribution in [1.29, 1.82) is 0 Å². The van der Waals surface area contributed by atoms with Gasteiger partial charge in [-0.25, -0.2) is 0 Å². The Morgan fingerprint density at radius 2 is 0.650 bits per heavy atom. The Kier molecular flexibility index (Phi) is 6.21. The van der Waals surface area contributed by atoms with E-state index in [4.69, 9.17) is 0 Å². The predicted molar refractivity (Wildman–Crippen MR) is 87.0 cm³/mol. The first kappa shape index (κ1) is 15.7. The molecule has 0 nitrogen and oxygen atoms in total. The summed E-state index contributed by atoms with van der Waals surface area (Å²) in [6, 6.07) is 31.6. The SMILES string of the molecule is [KH].c1ccc([C](c2ccccc2)c2ccccc2)cc1. The number of hydrogen-bond acceptors (Lipinski definition) is 0. The second-order valence-electron chi connectivity index (χ2n) is 4.47. The van der Waals surface area contributed by atoms with Gasteiger partial charge in [0.15, 0.2) is 0 Å². The van der Waals surface area contributed by atoms with E-state index in [1.54, 1.807) is 0 Å². The Labute approximate surface area is 163 Å². The Morgan fingerprint density at radius 3 is 0.900 bits per heavy atom. The largest absolute Gasteiger partial charge is 0.0629 e. The molecule has 0 unspecified atom stereocenters. The average Bonchev–Trinajstić information content (AvgIpc) is 2.51. The van der Waals surface area contributed by atoms with Crippen molar-refractivity contribution in [3.63, 3.8) is 0 Å². The predicted octanol–water partition coefficient (Wildman–Crippen LogP) is 4.06. The van der Waals surface area contributed by atoms with Crippen molar-refractivity contribution < 1.29 is 0 Å². The summed E-state index contributed by atoms with van der Waals surface area (Å²) in [5.74, 6) is 1.28. The maximum absolute atomic E-state index is 2.16. The van der Waals surface area contributed by atoms with Gasteiger partial charge in [0, 0.05) is 0 Å². The quantitative estimate of drug-likeness (QED) is 0.502. The van der Waals surface area contributed by atoms with Gasteiger partial charge >= 0.3 is 51.4 Å². The van der Waals surface area contributed by atoms with Crippen LogP contribution < -0.4 is 0 Å². The summed E-state index contributed by atoms with van der Waals surface area (Å²) in [4.78, 5) is 0. The summed E-state index contributed by atoms with van der Waals surface area (Å²) in [5, 5.41) is 0. The molecule has 0 aliphatic heterocycles. The molecule has 0 amide bonds. The third-order valence-electron chi connectivity index (χ3n) is 3.19. The number of benzene rings is 3. The van der Waals surface area contributed by atoms with Crippen LogP contribution in [-0.4, -0.2) is 51.4 Å². The molecule has 0 aliphatic carbocycles. The van der Waals surface area contributed by atoms with Crippen LogP contribution >= 0.6 is 0 Å². The molecule has 0 fully saturated rings. The third-order valence-corrected chi connectivity index (χ3v) is 3.19. The van der Waals surface area contributed by atoms with Gasteiger partial charge in [0.1, 0.15) is 0 Å². The van der Waals surface area contributed by atoms with Gasteiger partial charge in [-0.3, -0.25) is 0 Å². The van der Waals surface area contributed by atoms with Crippen molar-refractivity contribution in [2.24, 2.45) is 0 Å². The van der Waals surface area contributed by atoms with Gasteiger partial charge in [-0.05, 0) is 16.7 Å². The van der Waals surface area contributed by atoms with Crippen LogP contribution in [0.25, 0.3) is 0 Å². The van der Waals surface area contributed by atoms with Gasteiger partial charge < -0.3 is 0 Å². The van der Waals surface area contributed by atoms with Crippen LogP contribution in [-0.2, 0) is 0 Å². The maximum Gasteiger partial charge on any atom is 0.0629 e. The molecule has 0 bridgehead atoms. The zero-order valence-corrected chi connectivity index (χ0v) is 10.7. The zero-order valence-electron chi connectivity index (χ0n) is 10.7. The van der Waals surface area contributed by atoms with Gasteiger partial charge in [-0.1, -0.05) is 91.0 Å². The Morgan fingerprint density at radius 1 is 0.400 bits per heavy atom. The molecule has 0 heterocycles. The topological polar surface area (TPSA) is 0 Å². The average molecular weight is 283 g/mol. The van der Waals surface area contributed by atoms with E-state index in [2.05, 4.69) is 91.0 Å². The van der Waals surface area contributed by atoms with Gasteiger partial charge in [0.2, 0.25) is 0 Å². The summed E-state index contributed by atoms with van der Waals surface area (Å²) in [6.07, 6.45) is 0. The van der Waals surface area contributed by atoms with Crippen molar-refractivity contribution >= 4 is 51.4 Å². The van der Waals surface area contributed by atoms with Crippen molar-refractivity contribution in [3.8, 4) is 0 Å². The van der Waals surface area contributed by atoms with Gasteiger partial charge in [0.05, 0.1) is 5.92 Å². The third kappa shape index (κ3) is 3.69. The van der Waals surface area contributed by atoms with E-state index in [9.17, 15) is 0 Å². The minimum Gasteiger partial charge on any atom is -0.0622 e. The summed E-state index contributed by atoms with van der Waals surface area (Å²) in [6.45, 7) is 0. The summed E-state index contributed by atoms with van der Waals surface area (Å²) >= 11 is 0. The smallest absolute Gasteiger partial charge is 0.0622 e. The van der Waals surface area contributed by atoms with Crippen molar-refractivity contribution in [2.75, 3.05) is 0 Å². The van der Waals surface area contributed by atoms with Gasteiger partial charge in [-0.2, -0.15) is 0 Å². The molecule has 0 aromatic heterocycles. The monoisotopic (exact) mass is 283 g/mol. The molecule has 0 spiro atoms. The van der Waals surface area contributed by atoms with Crippen molar-refractivity contribution in [2.45, 2.75) is 0 Å². The molecule has 0 N–H and O–H groups in total. The van der Waals surface area contributed by atoms with Crippen LogP contribution in [0, 0.1) is 5.92 Å². The molecule has 3 aromatic carbocycles. The van der Waals surface area contributed by atoms with Gasteiger partial charge in [0.25, 0.3) is 0 Å². The minimum absolute atomic E-state index is 0. The fraction of sp³-hybridized carbons (Fsp3) is 0. The molecule has 0 saturated heterocycles. The Hall–Kier alpha value is -0.704. The fourth-order valence-electron chi connectivity index (χ4n) is 2.31. The van der Waals surface area contributed by atoms with Crippen LogP contribution in [0.15, 0.2) is 91.0 Å². The van der Waals surface area contributed by atoms with E-state index in [0.29, 0.717) is 0 Å². The Bertz CT molecular complexity index is 524. The van der Waals surface area contributed by atoms with E-state index < -0.39 is 0 Å². The molecule has 0 aliphatic rings. The van der Waals surface area contributed by atoms with E-state index in [1.807, 2.05) is 0 Å². The van der Waals surface area contributed by atoms with Gasteiger partial charge in [-0.15, -0.1) is 0 Å². The summed E-state index contributed by atoms with van der Waals surface area (Å²) < 4.78 is 0. The molecular formula is C19H16K. The molecule has 0 saturated carbocycles. The van der Waals surface area contributed by atoms with Crippen molar-refractivity contribution in [3.05, 3.63) is 114 Å². The summed E-state index contributed by atoms with van der Waals surface area (Å²) in [5.41, 5.74) is 3.75. The molecule has 1 radical (unpaired) electrons. The van der Waals surface area contributed by atoms with Crippen LogP contribution in [0.5, 0.6) is 0 Å². The first-order valence-electron chi connectivity index (χ1n) is 6.48. The number of rotatable bonds is 3. The second-order valence-corrected chi connectivity index (χ2v) is 4.47. The van der Waals surface area contributed by atoms with E-state index in [0.717, 1.165) is 0 Å². The van der Waals surface area contributed by atoms with E-state index in [1.165, 1.54) is 22.6 Å². The van der Waals surface area contributed by atoms with Crippen molar-refractivity contribution in [1.82, 2.24) is 0 Å². The van der Waals surface area contributed by atoms with Crippen LogP contribution in [0.2, 0.25) is 0 Å². The minimum atomic E-state index is 0. The Balaban J connectivity index is 0.00000147. The van der Waals surface area contributed by atoms with Crippen LogP contribution in [0.4, 0.5) is 0 Å². The van der Waals surface area contributed by atoms with E-state index in [-0.39, 0.29) is 51.4 Å². The zero-order chi connectivity index (χ0) is 12.9. The molecule has 0 atom stereocenters. The summed E-state index contributed by atoms with van der Waals surface area (Å²) in [7, 11) is 0. The molecule has 1 heteroatoms. The molecule has 93 valence electrons. The first-order valence-corrected chi connectivity index (χ1v) is 6.48.